The van der Waals surface area contributed by atoms with Crippen LogP contribution in [0.1, 0.15) is 50.9 Å². The molecule has 9 heteroatoms. The Hall–Kier alpha value is -2.26. The maximum Gasteiger partial charge on any atom is 0.240 e. The summed E-state index contributed by atoms with van der Waals surface area (Å²) in [6.45, 7) is 5.80. The lowest BCUT2D eigenvalue weighted by molar-refractivity contribution is -0.121. The largest absolute Gasteiger partial charge is 0.352 e. The number of rotatable bonds is 10. The van der Waals surface area contributed by atoms with Gasteiger partial charge in [-0.1, -0.05) is 24.2 Å². The molecule has 1 aromatic carbocycles. The smallest absolute Gasteiger partial charge is 0.240 e. The summed E-state index contributed by atoms with van der Waals surface area (Å²) in [6.07, 6.45) is 2.28. The van der Waals surface area contributed by atoms with Gasteiger partial charge >= 0.3 is 0 Å². The third-order valence-electron chi connectivity index (χ3n) is 3.64. The first-order chi connectivity index (χ1) is 12.8. The van der Waals surface area contributed by atoms with Crippen molar-refractivity contribution >= 4 is 15.9 Å². The van der Waals surface area contributed by atoms with Gasteiger partial charge in [-0.15, -0.1) is 0 Å². The quantitative estimate of drug-likeness (QED) is 0.637. The first kappa shape index (κ1) is 21.0. The Balaban J connectivity index is 1.86. The highest BCUT2D eigenvalue weighted by Crippen LogP contribution is 2.12. The highest BCUT2D eigenvalue weighted by atomic mass is 32.2. The maximum atomic E-state index is 12.2. The van der Waals surface area contributed by atoms with Gasteiger partial charge in [0.25, 0.3) is 0 Å². The zero-order valence-corrected chi connectivity index (χ0v) is 16.7. The van der Waals surface area contributed by atoms with Crippen LogP contribution in [-0.4, -0.2) is 30.5 Å². The van der Waals surface area contributed by atoms with E-state index in [-0.39, 0.29) is 29.8 Å². The molecule has 27 heavy (non-hydrogen) atoms. The molecule has 0 bridgehead atoms. The number of aromatic nitrogens is 2. The van der Waals surface area contributed by atoms with Crippen molar-refractivity contribution in [1.82, 2.24) is 20.2 Å². The summed E-state index contributed by atoms with van der Waals surface area (Å²) in [7, 11) is -3.56. The van der Waals surface area contributed by atoms with Crippen molar-refractivity contribution in [2.45, 2.75) is 63.9 Å². The Morgan fingerprint density at radius 2 is 2.04 bits per heavy atom. The van der Waals surface area contributed by atoms with E-state index in [1.807, 2.05) is 6.92 Å². The molecule has 0 unspecified atom stereocenters. The number of amides is 1. The van der Waals surface area contributed by atoms with E-state index in [0.717, 1.165) is 12.8 Å². The van der Waals surface area contributed by atoms with E-state index in [1.165, 1.54) is 6.07 Å². The predicted octanol–water partition coefficient (Wildman–Crippen LogP) is 1.96. The van der Waals surface area contributed by atoms with Crippen LogP contribution in [0.25, 0.3) is 0 Å². The average Bonchev–Trinajstić information content (AvgIpc) is 3.05. The number of carbonyl (C=O) groups is 1. The fourth-order valence-corrected chi connectivity index (χ4v) is 3.75. The monoisotopic (exact) mass is 394 g/mol. The van der Waals surface area contributed by atoms with Gasteiger partial charge in [-0.05, 0) is 38.0 Å². The maximum absolute atomic E-state index is 12.2. The van der Waals surface area contributed by atoms with Gasteiger partial charge in [0.15, 0.2) is 5.82 Å². The second-order valence-corrected chi connectivity index (χ2v) is 8.27. The van der Waals surface area contributed by atoms with E-state index in [9.17, 15) is 13.2 Å². The number of aryl methyl sites for hydroxylation is 2. The fourth-order valence-electron chi connectivity index (χ4n) is 2.43. The molecule has 148 valence electrons. The van der Waals surface area contributed by atoms with Crippen LogP contribution in [0.15, 0.2) is 33.7 Å². The zero-order chi connectivity index (χ0) is 19.9. The number of hydrogen-bond donors (Lipinski definition) is 2. The summed E-state index contributed by atoms with van der Waals surface area (Å²) in [4.78, 5) is 16.4. The summed E-state index contributed by atoms with van der Waals surface area (Å²) in [6, 6.07) is 6.31. The third kappa shape index (κ3) is 6.76. The zero-order valence-electron chi connectivity index (χ0n) is 15.9. The Kier molecular flexibility index (Phi) is 7.49. The molecule has 0 spiro atoms. The fraction of sp³-hybridized carbons (Fsp3) is 0.500. The molecule has 0 aliphatic heterocycles. The van der Waals surface area contributed by atoms with Gasteiger partial charge in [-0.2, -0.15) is 4.98 Å². The molecule has 0 atom stereocenters. The Morgan fingerprint density at radius 1 is 1.26 bits per heavy atom. The summed E-state index contributed by atoms with van der Waals surface area (Å²) < 4.78 is 32.1. The molecule has 2 rings (SSSR count). The Labute approximate surface area is 159 Å². The summed E-state index contributed by atoms with van der Waals surface area (Å²) in [5.74, 6) is 0.932. The highest BCUT2D eigenvalue weighted by Gasteiger charge is 2.15. The first-order valence-electron chi connectivity index (χ1n) is 8.99. The normalized spacial score (nSPS) is 11.7. The van der Waals surface area contributed by atoms with Crippen molar-refractivity contribution in [3.8, 4) is 0 Å². The van der Waals surface area contributed by atoms with E-state index in [2.05, 4.69) is 20.2 Å². The lowest BCUT2D eigenvalue weighted by Crippen LogP contribution is -2.30. The van der Waals surface area contributed by atoms with Gasteiger partial charge in [0.05, 0.1) is 4.90 Å². The van der Waals surface area contributed by atoms with Gasteiger partial charge in [0, 0.05) is 31.8 Å². The minimum absolute atomic E-state index is 0.168. The van der Waals surface area contributed by atoms with Crippen LogP contribution in [0.4, 0.5) is 0 Å². The topological polar surface area (TPSA) is 114 Å². The lowest BCUT2D eigenvalue weighted by Gasteiger charge is -2.11. The Morgan fingerprint density at radius 3 is 2.74 bits per heavy atom. The average molecular weight is 394 g/mol. The molecule has 0 aliphatic carbocycles. The van der Waals surface area contributed by atoms with Gasteiger partial charge in [-0.25, -0.2) is 13.1 Å². The second-order valence-electron chi connectivity index (χ2n) is 6.55. The van der Waals surface area contributed by atoms with Crippen LogP contribution >= 0.6 is 0 Å². The van der Waals surface area contributed by atoms with E-state index >= 15 is 0 Å². The first-order valence-corrected chi connectivity index (χ1v) is 10.5. The molecule has 2 aromatic rings. The molecular weight excluding hydrogens is 368 g/mol. The molecule has 2 N–H and O–H groups in total. The highest BCUT2D eigenvalue weighted by molar-refractivity contribution is 7.89. The molecular formula is C18H26N4O4S. The van der Waals surface area contributed by atoms with Crippen molar-refractivity contribution in [3.05, 3.63) is 41.5 Å². The minimum atomic E-state index is -3.56. The second kappa shape index (κ2) is 9.61. The number of carbonyl (C=O) groups excluding carboxylic acids is 1. The number of nitrogens with one attached hydrogen (secondary N) is 2. The van der Waals surface area contributed by atoms with Crippen LogP contribution in [-0.2, 0) is 34.2 Å². The molecule has 1 amide bonds. The Bertz CT molecular complexity index is 862. The molecule has 0 fully saturated rings. The van der Waals surface area contributed by atoms with Crippen molar-refractivity contribution < 1.29 is 17.7 Å². The number of sulfonamides is 1. The van der Waals surface area contributed by atoms with E-state index in [4.69, 9.17) is 4.52 Å². The van der Waals surface area contributed by atoms with Crippen molar-refractivity contribution in [2.75, 3.05) is 0 Å². The summed E-state index contributed by atoms with van der Waals surface area (Å²) in [5.41, 5.74) is 0.706. The summed E-state index contributed by atoms with van der Waals surface area (Å²) in [5, 5.41) is 6.63. The molecule has 0 radical (unpaired) electrons. The van der Waals surface area contributed by atoms with Gasteiger partial charge < -0.3 is 9.84 Å². The summed E-state index contributed by atoms with van der Waals surface area (Å²) >= 11 is 0. The van der Waals surface area contributed by atoms with Gasteiger partial charge in [0.1, 0.15) is 0 Å². The van der Waals surface area contributed by atoms with E-state index in [0.29, 0.717) is 23.7 Å². The van der Waals surface area contributed by atoms with Gasteiger partial charge in [-0.3, -0.25) is 4.79 Å². The van der Waals surface area contributed by atoms with Crippen molar-refractivity contribution in [1.29, 1.82) is 0 Å². The van der Waals surface area contributed by atoms with E-state index in [1.54, 1.807) is 32.0 Å². The van der Waals surface area contributed by atoms with Crippen molar-refractivity contribution in [3.63, 3.8) is 0 Å². The third-order valence-corrected chi connectivity index (χ3v) is 5.30. The molecule has 0 saturated carbocycles. The lowest BCUT2D eigenvalue weighted by atomic mass is 10.2. The molecule has 8 nitrogen and oxygen atoms in total. The van der Waals surface area contributed by atoms with Crippen LogP contribution < -0.4 is 10.0 Å². The standard InChI is InChI=1S/C18H26N4O4S/c1-4-6-16-20-18(26-21-16)10-9-17(23)19-12-14-7-5-8-15(11-14)27(24,25)22-13(2)3/h5,7-8,11,13,22H,4,6,9-10,12H2,1-3H3,(H,19,23). The number of benzene rings is 1. The van der Waals surface area contributed by atoms with Crippen LogP contribution in [0, 0.1) is 0 Å². The molecule has 0 saturated heterocycles. The minimum Gasteiger partial charge on any atom is -0.352 e. The van der Waals surface area contributed by atoms with Crippen LogP contribution in [0.3, 0.4) is 0 Å². The molecule has 0 aliphatic rings. The van der Waals surface area contributed by atoms with E-state index < -0.39 is 10.0 Å². The number of hydrogen-bond acceptors (Lipinski definition) is 6. The van der Waals surface area contributed by atoms with Crippen LogP contribution in [0.2, 0.25) is 0 Å². The molecule has 1 aromatic heterocycles. The SMILES string of the molecule is CCCc1noc(CCC(=O)NCc2cccc(S(=O)(=O)NC(C)C)c2)n1. The van der Waals surface area contributed by atoms with Crippen molar-refractivity contribution in [2.24, 2.45) is 0 Å². The predicted molar refractivity (Wildman–Crippen MR) is 100 cm³/mol. The molecule has 1 heterocycles. The van der Waals surface area contributed by atoms with Gasteiger partial charge in [0.2, 0.25) is 21.8 Å². The van der Waals surface area contributed by atoms with Crippen LogP contribution in [0.5, 0.6) is 0 Å². The number of nitrogens with zero attached hydrogens (tertiary/aromatic N) is 2.